The minimum absolute atomic E-state index is 0.486. The Morgan fingerprint density at radius 1 is 1.60 bits per heavy atom. The molecule has 1 unspecified atom stereocenters. The van der Waals surface area contributed by atoms with Crippen LogP contribution in [0.3, 0.4) is 0 Å². The van der Waals surface area contributed by atoms with Crippen molar-refractivity contribution in [1.29, 1.82) is 0 Å². The standard InChI is InChI=1S/C8H9FO/c9-8-5-6-3-1-2-4-7(6)10-8/h2,4,8H,1,3,5H2. The number of alkyl halides is 1. The first kappa shape index (κ1) is 5.96. The maximum Gasteiger partial charge on any atom is 0.242 e. The fraction of sp³-hybridized carbons (Fsp3) is 0.500. The van der Waals surface area contributed by atoms with Gasteiger partial charge in [0.25, 0.3) is 0 Å². The van der Waals surface area contributed by atoms with Crippen molar-refractivity contribution in [3.8, 4) is 0 Å². The Bertz CT molecular complexity index is 205. The van der Waals surface area contributed by atoms with E-state index in [4.69, 9.17) is 4.74 Å². The number of allylic oxidation sites excluding steroid dienone is 2. The highest BCUT2D eigenvalue weighted by Gasteiger charge is 2.24. The summed E-state index contributed by atoms with van der Waals surface area (Å²) in [4.78, 5) is 0. The minimum Gasteiger partial charge on any atom is -0.460 e. The zero-order valence-electron chi connectivity index (χ0n) is 5.64. The summed E-state index contributed by atoms with van der Waals surface area (Å²) in [5, 5.41) is 0. The van der Waals surface area contributed by atoms with E-state index in [2.05, 4.69) is 0 Å². The first-order chi connectivity index (χ1) is 4.86. The summed E-state index contributed by atoms with van der Waals surface area (Å²) in [6.07, 6.45) is 5.32. The summed E-state index contributed by atoms with van der Waals surface area (Å²) in [5.41, 5.74) is 1.15. The van der Waals surface area contributed by atoms with Gasteiger partial charge in [-0.05, 0) is 24.5 Å². The summed E-state index contributed by atoms with van der Waals surface area (Å²) < 4.78 is 17.4. The van der Waals surface area contributed by atoms with Gasteiger partial charge in [-0.2, -0.15) is 0 Å². The van der Waals surface area contributed by atoms with Gasteiger partial charge in [0.1, 0.15) is 5.76 Å². The van der Waals surface area contributed by atoms with Gasteiger partial charge >= 0.3 is 0 Å². The molecular weight excluding hydrogens is 131 g/mol. The Morgan fingerprint density at radius 2 is 2.50 bits per heavy atom. The van der Waals surface area contributed by atoms with E-state index in [1.54, 1.807) is 0 Å². The lowest BCUT2D eigenvalue weighted by molar-refractivity contribution is 0.0348. The molecule has 0 N–H and O–H groups in total. The molecule has 0 aromatic heterocycles. The van der Waals surface area contributed by atoms with E-state index < -0.39 is 6.36 Å². The van der Waals surface area contributed by atoms with Crippen LogP contribution in [-0.4, -0.2) is 6.36 Å². The van der Waals surface area contributed by atoms with Gasteiger partial charge in [-0.1, -0.05) is 6.08 Å². The molecule has 2 aliphatic rings. The lowest BCUT2D eigenvalue weighted by atomic mass is 10.0. The second-order valence-corrected chi connectivity index (χ2v) is 2.64. The summed E-state index contributed by atoms with van der Waals surface area (Å²) in [7, 11) is 0. The van der Waals surface area contributed by atoms with Crippen molar-refractivity contribution >= 4 is 0 Å². The van der Waals surface area contributed by atoms with Crippen LogP contribution in [0.1, 0.15) is 19.3 Å². The van der Waals surface area contributed by atoms with E-state index in [9.17, 15) is 4.39 Å². The minimum atomic E-state index is -1.08. The summed E-state index contributed by atoms with van der Waals surface area (Å²) >= 11 is 0. The van der Waals surface area contributed by atoms with Gasteiger partial charge in [0.05, 0.1) is 0 Å². The molecule has 1 heterocycles. The van der Waals surface area contributed by atoms with Crippen LogP contribution in [0.2, 0.25) is 0 Å². The number of hydrogen-bond donors (Lipinski definition) is 0. The van der Waals surface area contributed by atoms with Crippen molar-refractivity contribution in [2.75, 3.05) is 0 Å². The normalized spacial score (nSPS) is 30.3. The van der Waals surface area contributed by atoms with Gasteiger partial charge < -0.3 is 4.74 Å². The largest absolute Gasteiger partial charge is 0.460 e. The van der Waals surface area contributed by atoms with Crippen LogP contribution < -0.4 is 0 Å². The van der Waals surface area contributed by atoms with Crippen molar-refractivity contribution in [2.24, 2.45) is 0 Å². The van der Waals surface area contributed by atoms with Crippen LogP contribution in [0.25, 0.3) is 0 Å². The fourth-order valence-corrected chi connectivity index (χ4v) is 1.39. The highest BCUT2D eigenvalue weighted by molar-refractivity contribution is 5.27. The Hall–Kier alpha value is -0.790. The summed E-state index contributed by atoms with van der Waals surface area (Å²) in [5.74, 6) is 0.777. The molecule has 0 amide bonds. The lowest BCUT2D eigenvalue weighted by Gasteiger charge is -2.04. The molecule has 0 fully saturated rings. The van der Waals surface area contributed by atoms with E-state index in [0.717, 1.165) is 24.2 Å². The second kappa shape index (κ2) is 2.11. The molecule has 0 saturated carbocycles. The van der Waals surface area contributed by atoms with E-state index in [1.165, 1.54) is 0 Å². The molecular formula is C8H9FO. The maximum atomic E-state index is 12.5. The number of halogens is 1. The third-order valence-corrected chi connectivity index (χ3v) is 1.89. The molecule has 0 bridgehead atoms. The number of hydrogen-bond acceptors (Lipinski definition) is 1. The SMILES string of the molecule is FC1CC2=C(C=CCC2)O1. The molecule has 0 saturated heterocycles. The Balaban J connectivity index is 2.21. The van der Waals surface area contributed by atoms with E-state index in [1.807, 2.05) is 12.2 Å². The van der Waals surface area contributed by atoms with Crippen LogP contribution in [-0.2, 0) is 4.74 Å². The molecule has 1 nitrogen and oxygen atoms in total. The number of rotatable bonds is 0. The number of ether oxygens (including phenoxy) is 1. The van der Waals surface area contributed by atoms with Gasteiger partial charge in [0.2, 0.25) is 6.36 Å². The predicted molar refractivity (Wildman–Crippen MR) is 36.0 cm³/mol. The predicted octanol–water partition coefficient (Wildman–Crippen LogP) is 2.31. The maximum absolute atomic E-state index is 12.5. The van der Waals surface area contributed by atoms with Crippen LogP contribution in [0, 0.1) is 0 Å². The molecule has 2 rings (SSSR count). The average Bonchev–Trinajstić information content (AvgIpc) is 2.27. The quantitative estimate of drug-likeness (QED) is 0.501. The highest BCUT2D eigenvalue weighted by atomic mass is 19.1. The van der Waals surface area contributed by atoms with Gasteiger partial charge in [-0.15, -0.1) is 0 Å². The molecule has 10 heavy (non-hydrogen) atoms. The second-order valence-electron chi connectivity index (χ2n) is 2.64. The Labute approximate surface area is 59.2 Å². The first-order valence-electron chi connectivity index (χ1n) is 3.55. The molecule has 0 radical (unpaired) electrons. The van der Waals surface area contributed by atoms with Crippen LogP contribution in [0.4, 0.5) is 4.39 Å². The molecule has 2 heteroatoms. The lowest BCUT2D eigenvalue weighted by Crippen LogP contribution is -1.94. The molecule has 0 aromatic rings. The fourth-order valence-electron chi connectivity index (χ4n) is 1.39. The Kier molecular flexibility index (Phi) is 1.26. The monoisotopic (exact) mass is 140 g/mol. The van der Waals surface area contributed by atoms with Crippen LogP contribution in [0.5, 0.6) is 0 Å². The van der Waals surface area contributed by atoms with Crippen molar-refractivity contribution in [2.45, 2.75) is 25.6 Å². The molecule has 1 atom stereocenters. The summed E-state index contributed by atoms with van der Waals surface area (Å²) in [6, 6.07) is 0. The zero-order valence-corrected chi connectivity index (χ0v) is 5.64. The summed E-state index contributed by atoms with van der Waals surface area (Å²) in [6.45, 7) is 0. The van der Waals surface area contributed by atoms with E-state index >= 15 is 0 Å². The third-order valence-electron chi connectivity index (χ3n) is 1.89. The first-order valence-corrected chi connectivity index (χ1v) is 3.55. The Morgan fingerprint density at radius 3 is 3.30 bits per heavy atom. The van der Waals surface area contributed by atoms with Crippen molar-refractivity contribution in [1.82, 2.24) is 0 Å². The van der Waals surface area contributed by atoms with Crippen LogP contribution >= 0.6 is 0 Å². The van der Waals surface area contributed by atoms with E-state index in [-0.39, 0.29) is 0 Å². The molecule has 1 aliphatic heterocycles. The van der Waals surface area contributed by atoms with Gasteiger partial charge in [0, 0.05) is 6.42 Å². The van der Waals surface area contributed by atoms with Gasteiger partial charge in [-0.25, -0.2) is 4.39 Å². The van der Waals surface area contributed by atoms with Crippen molar-refractivity contribution in [3.63, 3.8) is 0 Å². The van der Waals surface area contributed by atoms with Crippen molar-refractivity contribution in [3.05, 3.63) is 23.5 Å². The highest BCUT2D eigenvalue weighted by Crippen LogP contribution is 2.32. The van der Waals surface area contributed by atoms with Crippen LogP contribution in [0.15, 0.2) is 23.5 Å². The zero-order chi connectivity index (χ0) is 6.97. The van der Waals surface area contributed by atoms with Gasteiger partial charge in [0.15, 0.2) is 0 Å². The molecule has 54 valence electrons. The molecule has 1 aliphatic carbocycles. The smallest absolute Gasteiger partial charge is 0.242 e. The molecule has 0 aromatic carbocycles. The van der Waals surface area contributed by atoms with Gasteiger partial charge in [-0.3, -0.25) is 0 Å². The average molecular weight is 140 g/mol. The molecule has 0 spiro atoms. The topological polar surface area (TPSA) is 9.23 Å². The third kappa shape index (κ3) is 0.838. The van der Waals surface area contributed by atoms with E-state index in [0.29, 0.717) is 6.42 Å². The van der Waals surface area contributed by atoms with Crippen molar-refractivity contribution < 1.29 is 9.13 Å².